The van der Waals surface area contributed by atoms with Crippen LogP contribution in [0.2, 0.25) is 0 Å². The Kier molecular flexibility index (Phi) is 15.5. The van der Waals surface area contributed by atoms with Gasteiger partial charge in [0, 0.05) is 6.04 Å². The molecule has 1 heteroatoms. The summed E-state index contributed by atoms with van der Waals surface area (Å²) in [6.07, 6.45) is 4.12. The lowest BCUT2D eigenvalue weighted by atomic mass is 10.0. The normalized spacial score (nSPS) is 19.9. The Labute approximate surface area is 72.6 Å². The highest BCUT2D eigenvalue weighted by molar-refractivity contribution is 4.75. The summed E-state index contributed by atoms with van der Waals surface area (Å²) in [6.45, 7) is 11.5. The molecule has 1 N–H and O–H groups in total. The maximum Gasteiger partial charge on any atom is 0.00790 e. The highest BCUT2D eigenvalue weighted by Gasteiger charge is 2.13. The van der Waals surface area contributed by atoms with Gasteiger partial charge in [-0.15, -0.1) is 0 Å². The summed E-state index contributed by atoms with van der Waals surface area (Å²) in [7, 11) is 0. The molecular formula is C10H25N. The van der Waals surface area contributed by atoms with Crippen molar-refractivity contribution >= 4 is 0 Å². The van der Waals surface area contributed by atoms with Crippen LogP contribution in [-0.2, 0) is 0 Å². The van der Waals surface area contributed by atoms with Crippen molar-refractivity contribution in [2.24, 2.45) is 0 Å². The van der Waals surface area contributed by atoms with Crippen LogP contribution >= 0.6 is 0 Å². The number of nitrogens with one attached hydrogen (secondary N) is 1. The Morgan fingerprint density at radius 1 is 1.18 bits per heavy atom. The molecule has 11 heavy (non-hydrogen) atoms. The van der Waals surface area contributed by atoms with Crippen molar-refractivity contribution in [1.29, 1.82) is 0 Å². The fourth-order valence-corrected chi connectivity index (χ4v) is 0.943. The summed E-state index contributed by atoms with van der Waals surface area (Å²) in [5.74, 6) is 0. The van der Waals surface area contributed by atoms with Crippen LogP contribution in [0.5, 0.6) is 0 Å². The van der Waals surface area contributed by atoms with E-state index >= 15 is 0 Å². The van der Waals surface area contributed by atoms with E-state index in [2.05, 4.69) is 12.2 Å². The van der Waals surface area contributed by atoms with E-state index in [9.17, 15) is 0 Å². The molecule has 1 nitrogen and oxygen atoms in total. The van der Waals surface area contributed by atoms with Gasteiger partial charge in [-0.3, -0.25) is 0 Å². The molecule has 1 saturated heterocycles. The lowest BCUT2D eigenvalue weighted by Crippen LogP contribution is -2.42. The van der Waals surface area contributed by atoms with Crippen molar-refractivity contribution < 1.29 is 0 Å². The minimum atomic E-state index is 0.880. The molecule has 0 saturated carbocycles. The van der Waals surface area contributed by atoms with E-state index < -0.39 is 0 Å². The SMILES string of the molecule is CC.CC.CCCC1CCN1. The number of hydrogen-bond acceptors (Lipinski definition) is 1. The summed E-state index contributed by atoms with van der Waals surface area (Å²) in [5, 5.41) is 3.35. The Balaban J connectivity index is 0. The molecule has 1 aliphatic heterocycles. The second kappa shape index (κ2) is 12.6. The second-order valence-electron chi connectivity index (χ2n) is 2.23. The first-order chi connectivity index (χ1) is 5.43. The van der Waals surface area contributed by atoms with Crippen LogP contribution in [0, 0.1) is 0 Å². The largest absolute Gasteiger partial charge is 0.314 e. The molecule has 1 unspecified atom stereocenters. The van der Waals surface area contributed by atoms with Crippen LogP contribution < -0.4 is 5.32 Å². The van der Waals surface area contributed by atoms with Gasteiger partial charge in [0.25, 0.3) is 0 Å². The summed E-state index contributed by atoms with van der Waals surface area (Å²) >= 11 is 0. The van der Waals surface area contributed by atoms with E-state index in [0.29, 0.717) is 0 Å². The minimum Gasteiger partial charge on any atom is -0.314 e. The van der Waals surface area contributed by atoms with Crippen LogP contribution in [-0.4, -0.2) is 12.6 Å². The molecule has 1 aliphatic rings. The van der Waals surface area contributed by atoms with Gasteiger partial charge in [0.2, 0.25) is 0 Å². The van der Waals surface area contributed by atoms with Gasteiger partial charge in [-0.2, -0.15) is 0 Å². The molecule has 0 aromatic carbocycles. The zero-order chi connectivity index (χ0) is 9.11. The van der Waals surface area contributed by atoms with E-state index in [4.69, 9.17) is 0 Å². The molecule has 1 fully saturated rings. The van der Waals surface area contributed by atoms with Gasteiger partial charge >= 0.3 is 0 Å². The topological polar surface area (TPSA) is 12.0 Å². The Morgan fingerprint density at radius 2 is 1.64 bits per heavy atom. The predicted octanol–water partition coefficient (Wildman–Crippen LogP) is 3.20. The smallest absolute Gasteiger partial charge is 0.00790 e. The zero-order valence-corrected chi connectivity index (χ0v) is 8.91. The van der Waals surface area contributed by atoms with Gasteiger partial charge in [0.05, 0.1) is 0 Å². The number of rotatable bonds is 2. The van der Waals surface area contributed by atoms with Crippen LogP contribution in [0.1, 0.15) is 53.9 Å². The lowest BCUT2D eigenvalue weighted by molar-refractivity contribution is 0.348. The van der Waals surface area contributed by atoms with E-state index in [0.717, 1.165) is 6.04 Å². The molecule has 1 heterocycles. The summed E-state index contributed by atoms with van der Waals surface area (Å²) in [4.78, 5) is 0. The molecule has 0 amide bonds. The van der Waals surface area contributed by atoms with Crippen LogP contribution in [0.4, 0.5) is 0 Å². The van der Waals surface area contributed by atoms with E-state index in [1.54, 1.807) is 0 Å². The van der Waals surface area contributed by atoms with Gasteiger partial charge in [0.15, 0.2) is 0 Å². The van der Waals surface area contributed by atoms with Crippen LogP contribution in [0.25, 0.3) is 0 Å². The summed E-state index contributed by atoms with van der Waals surface area (Å²) in [5.41, 5.74) is 0. The van der Waals surface area contributed by atoms with E-state index in [-0.39, 0.29) is 0 Å². The van der Waals surface area contributed by atoms with E-state index in [1.165, 1.54) is 25.8 Å². The first-order valence-corrected chi connectivity index (χ1v) is 5.17. The average molecular weight is 159 g/mol. The molecule has 0 spiro atoms. The third kappa shape index (κ3) is 7.86. The van der Waals surface area contributed by atoms with Gasteiger partial charge in [0.1, 0.15) is 0 Å². The molecule has 1 atom stereocenters. The Bertz CT molecular complexity index is 48.8. The first kappa shape index (κ1) is 13.5. The van der Waals surface area contributed by atoms with Crippen LogP contribution in [0.3, 0.4) is 0 Å². The summed E-state index contributed by atoms with van der Waals surface area (Å²) in [6, 6.07) is 0.880. The van der Waals surface area contributed by atoms with Gasteiger partial charge in [-0.1, -0.05) is 41.0 Å². The van der Waals surface area contributed by atoms with Crippen molar-refractivity contribution in [2.45, 2.75) is 59.9 Å². The molecule has 0 aromatic rings. The molecule has 0 aliphatic carbocycles. The average Bonchev–Trinajstić information content (AvgIpc) is 2.05. The zero-order valence-electron chi connectivity index (χ0n) is 8.91. The number of hydrogen-bond donors (Lipinski definition) is 1. The highest BCUT2D eigenvalue weighted by Crippen LogP contribution is 2.07. The highest BCUT2D eigenvalue weighted by atomic mass is 15.0. The third-order valence-electron chi connectivity index (χ3n) is 1.56. The molecule has 70 valence electrons. The third-order valence-corrected chi connectivity index (χ3v) is 1.56. The van der Waals surface area contributed by atoms with Crippen molar-refractivity contribution in [3.63, 3.8) is 0 Å². The van der Waals surface area contributed by atoms with Gasteiger partial charge in [-0.25, -0.2) is 0 Å². The van der Waals surface area contributed by atoms with Crippen molar-refractivity contribution in [3.05, 3.63) is 0 Å². The van der Waals surface area contributed by atoms with E-state index in [1.807, 2.05) is 27.7 Å². The lowest BCUT2D eigenvalue weighted by Gasteiger charge is -2.26. The van der Waals surface area contributed by atoms with Crippen molar-refractivity contribution in [1.82, 2.24) is 5.32 Å². The Morgan fingerprint density at radius 3 is 1.73 bits per heavy atom. The maximum atomic E-state index is 3.35. The van der Waals surface area contributed by atoms with Gasteiger partial charge in [-0.05, 0) is 19.4 Å². The fourth-order valence-electron chi connectivity index (χ4n) is 0.943. The molecule has 0 aromatic heterocycles. The Hall–Kier alpha value is -0.0400. The molecule has 0 bridgehead atoms. The standard InChI is InChI=1S/C6H13N.2C2H6/c1-2-3-6-4-5-7-6;2*1-2/h6-7H,2-5H2,1H3;2*1-2H3. The first-order valence-electron chi connectivity index (χ1n) is 5.17. The van der Waals surface area contributed by atoms with Crippen molar-refractivity contribution in [2.75, 3.05) is 6.54 Å². The second-order valence-corrected chi connectivity index (χ2v) is 2.23. The monoisotopic (exact) mass is 159 g/mol. The van der Waals surface area contributed by atoms with Crippen molar-refractivity contribution in [3.8, 4) is 0 Å². The summed E-state index contributed by atoms with van der Waals surface area (Å²) < 4.78 is 0. The fraction of sp³-hybridized carbons (Fsp3) is 1.00. The van der Waals surface area contributed by atoms with Crippen LogP contribution in [0.15, 0.2) is 0 Å². The maximum absolute atomic E-state index is 3.35. The molecule has 0 radical (unpaired) electrons. The minimum absolute atomic E-state index is 0.880. The molecular weight excluding hydrogens is 134 g/mol. The quantitative estimate of drug-likeness (QED) is 0.652. The van der Waals surface area contributed by atoms with Gasteiger partial charge < -0.3 is 5.32 Å². The molecule has 1 rings (SSSR count). The predicted molar refractivity (Wildman–Crippen MR) is 54.0 cm³/mol.